The van der Waals surface area contributed by atoms with E-state index >= 15 is 0 Å². The zero-order valence-corrected chi connectivity index (χ0v) is 11.5. The van der Waals surface area contributed by atoms with Crippen molar-refractivity contribution in [3.8, 4) is 0 Å². The summed E-state index contributed by atoms with van der Waals surface area (Å²) >= 11 is 0. The van der Waals surface area contributed by atoms with Crippen LogP contribution in [0.5, 0.6) is 0 Å². The number of hydrogen-bond acceptors (Lipinski definition) is 2. The van der Waals surface area contributed by atoms with E-state index in [0.717, 1.165) is 11.3 Å². The summed E-state index contributed by atoms with van der Waals surface area (Å²) in [7, 11) is 0. The van der Waals surface area contributed by atoms with E-state index in [9.17, 15) is 4.79 Å². The zero-order chi connectivity index (χ0) is 14.0. The molecule has 0 bridgehead atoms. The van der Waals surface area contributed by atoms with Crippen LogP contribution in [-0.4, -0.2) is 21.3 Å². The smallest absolute Gasteiger partial charge is 0.239 e. The van der Waals surface area contributed by atoms with Gasteiger partial charge in [0.15, 0.2) is 0 Å². The minimum absolute atomic E-state index is 0.260. The highest BCUT2D eigenvalue weighted by Gasteiger charge is 2.27. The van der Waals surface area contributed by atoms with Gasteiger partial charge >= 0.3 is 0 Å². The molecule has 2 aromatic heterocycles. The molecule has 2 N–H and O–H groups in total. The highest BCUT2D eigenvalue weighted by Crippen LogP contribution is 2.18. The van der Waals surface area contributed by atoms with Gasteiger partial charge in [-0.1, -0.05) is 26.8 Å². The third-order valence-corrected chi connectivity index (χ3v) is 2.99. The topological polar surface area (TPSA) is 70.2 Å². The summed E-state index contributed by atoms with van der Waals surface area (Å²) in [6.45, 7) is 6.01. The molecule has 0 aliphatic heterocycles. The summed E-state index contributed by atoms with van der Waals surface area (Å²) in [5, 5.41) is 2.76. The van der Waals surface area contributed by atoms with Gasteiger partial charge in [-0.05, 0) is 17.5 Å². The van der Waals surface area contributed by atoms with Crippen molar-refractivity contribution in [3.63, 3.8) is 0 Å². The lowest BCUT2D eigenvalue weighted by Gasteiger charge is -2.24. The van der Waals surface area contributed by atoms with Crippen molar-refractivity contribution in [2.45, 2.75) is 33.4 Å². The molecule has 2 aromatic rings. The Morgan fingerprint density at radius 2 is 2.21 bits per heavy atom. The van der Waals surface area contributed by atoms with Crippen molar-refractivity contribution in [2.75, 3.05) is 0 Å². The van der Waals surface area contributed by atoms with Crippen molar-refractivity contribution >= 4 is 11.6 Å². The van der Waals surface area contributed by atoms with E-state index in [2.05, 4.69) is 10.3 Å². The molecule has 0 saturated carbocycles. The minimum atomic E-state index is -0.774. The third kappa shape index (κ3) is 3.12. The molecule has 101 valence electrons. The lowest BCUT2D eigenvalue weighted by atomic mass is 9.87. The summed E-state index contributed by atoms with van der Waals surface area (Å²) < 4.78 is 1.91. The van der Waals surface area contributed by atoms with E-state index in [1.54, 1.807) is 0 Å². The Bertz CT molecular complexity index is 549. The summed E-state index contributed by atoms with van der Waals surface area (Å²) in [4.78, 5) is 16.2. The minimum Gasteiger partial charge on any atom is -0.349 e. The summed E-state index contributed by atoms with van der Waals surface area (Å²) in [6, 6.07) is 4.98. The number of nitrogens with zero attached hydrogens (tertiary/aromatic N) is 2. The monoisotopic (exact) mass is 259 g/mol. The maximum Gasteiger partial charge on any atom is 0.239 e. The van der Waals surface area contributed by atoms with E-state index in [1.165, 1.54) is 0 Å². The average Bonchev–Trinajstić information content (AvgIpc) is 2.76. The number of pyridine rings is 1. The SMILES string of the molecule is CC(C)(C)C([NH])C(=O)NCc1cn2ccccc2n1. The van der Waals surface area contributed by atoms with Gasteiger partial charge in [0.25, 0.3) is 0 Å². The summed E-state index contributed by atoms with van der Waals surface area (Å²) in [5.41, 5.74) is 9.15. The third-order valence-electron chi connectivity index (χ3n) is 2.99. The first-order chi connectivity index (χ1) is 8.88. The number of nitrogens with one attached hydrogen (secondary N) is 2. The predicted octanol–water partition coefficient (Wildman–Crippen LogP) is 1.65. The maximum absolute atomic E-state index is 11.8. The Morgan fingerprint density at radius 3 is 2.84 bits per heavy atom. The van der Waals surface area contributed by atoms with Crippen LogP contribution in [0.15, 0.2) is 30.6 Å². The van der Waals surface area contributed by atoms with E-state index in [-0.39, 0.29) is 11.3 Å². The number of amides is 1. The highest BCUT2D eigenvalue weighted by atomic mass is 16.2. The van der Waals surface area contributed by atoms with Gasteiger partial charge in [0.1, 0.15) is 11.7 Å². The van der Waals surface area contributed by atoms with Gasteiger partial charge in [-0.15, -0.1) is 0 Å². The summed E-state index contributed by atoms with van der Waals surface area (Å²) in [5.74, 6) is -0.260. The number of carbonyl (C=O) groups is 1. The van der Waals surface area contributed by atoms with E-state index in [1.807, 2.05) is 55.8 Å². The van der Waals surface area contributed by atoms with Crippen LogP contribution in [0.1, 0.15) is 26.5 Å². The van der Waals surface area contributed by atoms with Crippen LogP contribution in [0.2, 0.25) is 0 Å². The first-order valence-corrected chi connectivity index (χ1v) is 6.29. The predicted molar refractivity (Wildman–Crippen MR) is 73.4 cm³/mol. The molecule has 5 nitrogen and oxygen atoms in total. The molecule has 19 heavy (non-hydrogen) atoms. The average molecular weight is 259 g/mol. The van der Waals surface area contributed by atoms with Gasteiger partial charge in [0.05, 0.1) is 12.2 Å². The number of imidazole rings is 1. The Balaban J connectivity index is 2.01. The van der Waals surface area contributed by atoms with Gasteiger partial charge in [-0.25, -0.2) is 10.7 Å². The van der Waals surface area contributed by atoms with Gasteiger partial charge in [0.2, 0.25) is 5.91 Å². The fourth-order valence-corrected chi connectivity index (χ4v) is 1.75. The number of fused-ring (bicyclic) bond motifs is 1. The van der Waals surface area contributed by atoms with Crippen molar-refractivity contribution in [3.05, 3.63) is 36.3 Å². The first-order valence-electron chi connectivity index (χ1n) is 6.29. The van der Waals surface area contributed by atoms with Crippen LogP contribution in [0, 0.1) is 5.41 Å². The highest BCUT2D eigenvalue weighted by molar-refractivity contribution is 5.82. The van der Waals surface area contributed by atoms with Gasteiger partial charge < -0.3 is 9.72 Å². The molecule has 1 atom stereocenters. The molecular weight excluding hydrogens is 240 g/mol. The van der Waals surface area contributed by atoms with Crippen LogP contribution in [-0.2, 0) is 11.3 Å². The molecule has 5 heteroatoms. The second-order valence-electron chi connectivity index (χ2n) is 5.72. The molecule has 0 aliphatic carbocycles. The number of aromatic nitrogens is 2. The normalized spacial score (nSPS) is 13.5. The molecule has 0 saturated heterocycles. The largest absolute Gasteiger partial charge is 0.349 e. The quantitative estimate of drug-likeness (QED) is 0.910. The van der Waals surface area contributed by atoms with Crippen LogP contribution in [0.4, 0.5) is 0 Å². The van der Waals surface area contributed by atoms with Crippen molar-refractivity contribution in [2.24, 2.45) is 5.41 Å². The maximum atomic E-state index is 11.8. The van der Waals surface area contributed by atoms with Gasteiger partial charge in [0, 0.05) is 12.4 Å². The van der Waals surface area contributed by atoms with Crippen LogP contribution < -0.4 is 11.1 Å². The van der Waals surface area contributed by atoms with Gasteiger partial charge in [-0.2, -0.15) is 0 Å². The number of rotatable bonds is 3. The van der Waals surface area contributed by atoms with Crippen LogP contribution in [0.25, 0.3) is 5.65 Å². The summed E-state index contributed by atoms with van der Waals surface area (Å²) in [6.07, 6.45) is 3.79. The lowest BCUT2D eigenvalue weighted by Crippen LogP contribution is -2.43. The van der Waals surface area contributed by atoms with Gasteiger partial charge in [-0.3, -0.25) is 4.79 Å². The molecule has 0 aromatic carbocycles. The van der Waals surface area contributed by atoms with Crippen LogP contribution in [0.3, 0.4) is 0 Å². The molecule has 2 heterocycles. The molecular formula is C14H19N4O. The molecule has 2 rings (SSSR count). The zero-order valence-electron chi connectivity index (χ0n) is 11.5. The molecule has 1 unspecified atom stereocenters. The number of hydrogen-bond donors (Lipinski definition) is 1. The molecule has 1 radical (unpaired) electrons. The van der Waals surface area contributed by atoms with Crippen LogP contribution >= 0.6 is 0 Å². The Hall–Kier alpha value is -1.88. The molecule has 0 spiro atoms. The standard InChI is InChI=1S/C14H19N4O/c1-14(2,3)12(15)13(19)16-8-10-9-18-7-5-4-6-11(18)17-10/h4-7,9,12,15H,8H2,1-3H3,(H,16,19). The second kappa shape index (κ2) is 5.01. The number of carbonyl (C=O) groups excluding carboxylic acids is 1. The van der Waals surface area contributed by atoms with Crippen molar-refractivity contribution < 1.29 is 4.79 Å². The molecule has 1 amide bonds. The van der Waals surface area contributed by atoms with E-state index < -0.39 is 6.04 Å². The fraction of sp³-hybridized carbons (Fsp3) is 0.429. The second-order valence-corrected chi connectivity index (χ2v) is 5.72. The van der Waals surface area contributed by atoms with E-state index in [0.29, 0.717) is 6.54 Å². The van der Waals surface area contributed by atoms with E-state index in [4.69, 9.17) is 5.73 Å². The molecule has 0 aliphatic rings. The first kappa shape index (κ1) is 13.5. The lowest BCUT2D eigenvalue weighted by molar-refractivity contribution is -0.124. The van der Waals surface area contributed by atoms with Crippen molar-refractivity contribution in [1.29, 1.82) is 0 Å². The van der Waals surface area contributed by atoms with Crippen molar-refractivity contribution in [1.82, 2.24) is 20.4 Å². The Morgan fingerprint density at radius 1 is 1.47 bits per heavy atom. The fourth-order valence-electron chi connectivity index (χ4n) is 1.75. The Labute approximate surface area is 112 Å². The molecule has 0 fully saturated rings. The Kier molecular flexibility index (Phi) is 3.57.